The molecule has 0 fully saturated rings. The largest absolute Gasteiger partial charge is 0.497 e. The summed E-state index contributed by atoms with van der Waals surface area (Å²) in [6.07, 6.45) is -0.518. The zero-order chi connectivity index (χ0) is 33.9. The fourth-order valence-corrected chi connectivity index (χ4v) is 5.10. The number of carbonyl (C=O) groups excluding carboxylic acids is 2. The van der Waals surface area contributed by atoms with E-state index in [2.05, 4.69) is 0 Å². The highest BCUT2D eigenvalue weighted by Gasteiger charge is 2.30. The quantitative estimate of drug-likeness (QED) is 0.166. The fraction of sp³-hybridized carbons (Fsp3) is 0.250. The minimum atomic E-state index is -1.19. The van der Waals surface area contributed by atoms with E-state index in [4.69, 9.17) is 29.4 Å². The van der Waals surface area contributed by atoms with Crippen molar-refractivity contribution < 1.29 is 43.2 Å². The number of hydrogen-bond acceptors (Lipinski definition) is 8. The molecule has 47 heavy (non-hydrogen) atoms. The molecule has 4 aromatic rings. The van der Waals surface area contributed by atoms with E-state index < -0.39 is 23.8 Å². The molecule has 0 radical (unpaired) electrons. The van der Waals surface area contributed by atoms with Gasteiger partial charge in [0.05, 0.1) is 28.4 Å². The average Bonchev–Trinajstić information content (AvgIpc) is 3.09. The first kappa shape index (κ1) is 34.2. The zero-order valence-corrected chi connectivity index (χ0v) is 26.7. The van der Waals surface area contributed by atoms with Crippen LogP contribution in [0.2, 0.25) is 0 Å². The van der Waals surface area contributed by atoms with Gasteiger partial charge in [-0.3, -0.25) is 14.4 Å². The summed E-state index contributed by atoms with van der Waals surface area (Å²) in [7, 11) is 6.02. The highest BCUT2D eigenvalue weighted by Crippen LogP contribution is 2.39. The lowest BCUT2D eigenvalue weighted by Gasteiger charge is -2.30. The van der Waals surface area contributed by atoms with E-state index in [0.29, 0.717) is 40.7 Å². The molecule has 0 spiro atoms. The van der Waals surface area contributed by atoms with Gasteiger partial charge in [0.25, 0.3) is 5.91 Å². The zero-order valence-electron chi connectivity index (χ0n) is 26.7. The Morgan fingerprint density at radius 3 is 1.89 bits per heavy atom. The number of nitrogens with two attached hydrogens (primary N) is 1. The topological polar surface area (TPSA) is 147 Å². The van der Waals surface area contributed by atoms with Crippen LogP contribution in [0.25, 0.3) is 11.1 Å². The molecule has 11 nitrogen and oxygen atoms in total. The van der Waals surface area contributed by atoms with Crippen LogP contribution < -0.4 is 29.4 Å². The van der Waals surface area contributed by atoms with Gasteiger partial charge in [0.1, 0.15) is 24.1 Å². The van der Waals surface area contributed by atoms with E-state index in [9.17, 15) is 19.5 Å². The summed E-state index contributed by atoms with van der Waals surface area (Å²) in [5.41, 5.74) is 9.31. The number of methoxy groups -OCH3 is 4. The van der Waals surface area contributed by atoms with Crippen molar-refractivity contribution in [2.24, 2.45) is 5.73 Å². The molecular weight excluding hydrogens is 604 g/mol. The van der Waals surface area contributed by atoms with E-state index in [1.165, 1.54) is 26.2 Å². The summed E-state index contributed by atoms with van der Waals surface area (Å²) < 4.78 is 27.5. The van der Waals surface area contributed by atoms with Crippen LogP contribution in [0.5, 0.6) is 28.7 Å². The summed E-state index contributed by atoms with van der Waals surface area (Å²) >= 11 is 0. The van der Waals surface area contributed by atoms with Crippen LogP contribution >= 0.6 is 0 Å². The number of hydrogen-bond donors (Lipinski definition) is 2. The van der Waals surface area contributed by atoms with Gasteiger partial charge in [-0.05, 0) is 77.2 Å². The summed E-state index contributed by atoms with van der Waals surface area (Å²) in [5, 5.41) is 9.31. The van der Waals surface area contributed by atoms with Gasteiger partial charge in [-0.2, -0.15) is 0 Å². The summed E-state index contributed by atoms with van der Waals surface area (Å²) in [6, 6.07) is 24.3. The molecule has 1 atom stereocenters. The Balaban J connectivity index is 1.56. The smallest absolute Gasteiger partial charge is 0.303 e. The summed E-state index contributed by atoms with van der Waals surface area (Å²) in [4.78, 5) is 39.2. The second-order valence-corrected chi connectivity index (χ2v) is 10.6. The number of carbonyl (C=O) groups is 3. The summed E-state index contributed by atoms with van der Waals surface area (Å²) in [5.74, 6) is 0.104. The second kappa shape index (κ2) is 16.0. The molecule has 4 aromatic carbocycles. The number of carboxylic acid groups (broad SMARTS) is 1. The molecular formula is C36H38N2O9. The van der Waals surface area contributed by atoms with Gasteiger partial charge in [0.2, 0.25) is 11.7 Å². The molecule has 246 valence electrons. The van der Waals surface area contributed by atoms with Gasteiger partial charge in [0, 0.05) is 18.5 Å². The van der Waals surface area contributed by atoms with Crippen LogP contribution in [0.1, 0.15) is 34.3 Å². The number of rotatable bonds is 16. The molecule has 11 heteroatoms. The third-order valence-electron chi connectivity index (χ3n) is 7.53. The molecule has 0 bridgehead atoms. The predicted molar refractivity (Wildman–Crippen MR) is 175 cm³/mol. The monoisotopic (exact) mass is 642 g/mol. The number of aliphatic carboxylic acids is 1. The van der Waals surface area contributed by atoms with E-state index >= 15 is 0 Å². The van der Waals surface area contributed by atoms with Crippen LogP contribution in [-0.2, 0) is 22.7 Å². The average molecular weight is 643 g/mol. The lowest BCUT2D eigenvalue weighted by Crippen LogP contribution is -2.47. The summed E-state index contributed by atoms with van der Waals surface area (Å²) in [6.45, 7) is 0.306. The van der Waals surface area contributed by atoms with Gasteiger partial charge in [-0.25, -0.2) is 0 Å². The first-order valence-corrected chi connectivity index (χ1v) is 14.7. The van der Waals surface area contributed by atoms with E-state index in [1.54, 1.807) is 43.5 Å². The van der Waals surface area contributed by atoms with Crippen molar-refractivity contribution in [2.75, 3.05) is 28.4 Å². The molecule has 0 aliphatic carbocycles. The highest BCUT2D eigenvalue weighted by atomic mass is 16.5. The number of amides is 2. The van der Waals surface area contributed by atoms with E-state index in [0.717, 1.165) is 22.4 Å². The molecule has 0 saturated heterocycles. The lowest BCUT2D eigenvalue weighted by atomic mass is 10.0. The Hall–Kier alpha value is -5.71. The molecule has 3 N–H and O–H groups in total. The van der Waals surface area contributed by atoms with E-state index in [1.807, 2.05) is 48.5 Å². The fourth-order valence-electron chi connectivity index (χ4n) is 5.10. The van der Waals surface area contributed by atoms with Gasteiger partial charge in [-0.1, -0.05) is 36.4 Å². The lowest BCUT2D eigenvalue weighted by molar-refractivity contribution is -0.137. The van der Waals surface area contributed by atoms with Crippen molar-refractivity contribution >= 4 is 17.8 Å². The van der Waals surface area contributed by atoms with Crippen LogP contribution in [0.15, 0.2) is 84.9 Å². The number of nitrogens with zero attached hydrogens (tertiary/aromatic N) is 1. The predicted octanol–water partition coefficient (Wildman–Crippen LogP) is 5.33. The molecule has 2 amide bonds. The van der Waals surface area contributed by atoms with Crippen LogP contribution in [0.3, 0.4) is 0 Å². The van der Waals surface area contributed by atoms with Gasteiger partial charge in [-0.15, -0.1) is 0 Å². The second-order valence-electron chi connectivity index (χ2n) is 10.6. The Morgan fingerprint density at radius 2 is 1.36 bits per heavy atom. The van der Waals surface area contributed by atoms with Gasteiger partial charge >= 0.3 is 5.97 Å². The Labute approximate surface area is 273 Å². The normalized spacial score (nSPS) is 11.2. The third kappa shape index (κ3) is 8.72. The van der Waals surface area contributed by atoms with Crippen molar-refractivity contribution in [1.82, 2.24) is 4.90 Å². The minimum Gasteiger partial charge on any atom is -0.497 e. The van der Waals surface area contributed by atoms with E-state index in [-0.39, 0.29) is 19.4 Å². The molecule has 0 aliphatic heterocycles. The Bertz CT molecular complexity index is 1660. The maximum atomic E-state index is 14.0. The molecule has 0 unspecified atom stereocenters. The number of benzene rings is 4. The first-order chi connectivity index (χ1) is 22.7. The maximum absolute atomic E-state index is 14.0. The Kier molecular flexibility index (Phi) is 11.7. The Morgan fingerprint density at radius 1 is 0.745 bits per heavy atom. The number of carboxylic acids is 1. The molecule has 0 heterocycles. The third-order valence-corrected chi connectivity index (χ3v) is 7.53. The number of ether oxygens (including phenoxy) is 5. The SMILES string of the molecule is COc1cccc(COc2ccc(-c3ccc(C(=O)N(Cc4cc(OC)c(OC)c(OC)c4)[C@@H](CCC(=O)O)C(N)=O)cc3)cc2)c1. The van der Waals surface area contributed by atoms with Crippen molar-refractivity contribution in [3.8, 4) is 39.9 Å². The van der Waals surface area contributed by atoms with Crippen LogP contribution in [-0.4, -0.2) is 62.3 Å². The standard InChI is InChI=1S/C36H38N2O9/c1-43-29-7-5-6-23(18-29)22-47-28-14-12-26(13-15-28)25-8-10-27(11-9-25)36(42)38(30(35(37)41)16-17-33(39)40)21-24-19-31(44-2)34(46-4)32(20-24)45-3/h5-15,18-20,30H,16-17,21-22H2,1-4H3,(H2,37,41)(H,39,40)/t30-/m0/s1. The van der Waals surface area contributed by atoms with Crippen molar-refractivity contribution in [2.45, 2.75) is 32.0 Å². The molecule has 0 aromatic heterocycles. The van der Waals surface area contributed by atoms with Crippen molar-refractivity contribution in [1.29, 1.82) is 0 Å². The van der Waals surface area contributed by atoms with Crippen molar-refractivity contribution in [3.05, 3.63) is 102 Å². The highest BCUT2D eigenvalue weighted by molar-refractivity contribution is 5.98. The first-order valence-electron chi connectivity index (χ1n) is 14.7. The number of primary amides is 1. The van der Waals surface area contributed by atoms with Gasteiger partial charge in [0.15, 0.2) is 11.5 Å². The minimum absolute atomic E-state index is 0.0816. The van der Waals surface area contributed by atoms with Crippen molar-refractivity contribution in [3.63, 3.8) is 0 Å². The molecule has 0 saturated carbocycles. The maximum Gasteiger partial charge on any atom is 0.303 e. The van der Waals surface area contributed by atoms with Crippen LogP contribution in [0, 0.1) is 0 Å². The van der Waals surface area contributed by atoms with Crippen LogP contribution in [0.4, 0.5) is 0 Å². The van der Waals surface area contributed by atoms with Gasteiger partial charge < -0.3 is 39.4 Å². The molecule has 4 rings (SSSR count). The molecule has 0 aliphatic rings.